The standard InChI is InChI=1S/C29H47N3O4/c1-10-12-13-16-30-26(33)25(23-19-21(5)14-15-22(23)6)32(17-11-2)27(34)24(18-20(3)4)31-28(35)36-29(7,8)9/h11,14-15,19-20,24-25H,2,10,12-13,16-18H2,1,3-9H3,(H,30,33)(H,31,35). The van der Waals surface area contributed by atoms with Crippen LogP contribution in [0, 0.1) is 19.8 Å². The van der Waals surface area contributed by atoms with Crippen molar-refractivity contribution >= 4 is 17.9 Å². The van der Waals surface area contributed by atoms with Gasteiger partial charge >= 0.3 is 6.09 Å². The lowest BCUT2D eigenvalue weighted by Crippen LogP contribution is -2.53. The monoisotopic (exact) mass is 501 g/mol. The summed E-state index contributed by atoms with van der Waals surface area (Å²) in [4.78, 5) is 41.7. The third-order valence-electron chi connectivity index (χ3n) is 5.67. The van der Waals surface area contributed by atoms with Crippen molar-refractivity contribution in [3.8, 4) is 0 Å². The lowest BCUT2D eigenvalue weighted by molar-refractivity contribution is -0.142. The third kappa shape index (κ3) is 10.4. The number of rotatable bonds is 13. The summed E-state index contributed by atoms with van der Waals surface area (Å²) in [6.45, 7) is 19.8. The van der Waals surface area contributed by atoms with Gasteiger partial charge in [-0.3, -0.25) is 9.59 Å². The number of benzene rings is 1. The van der Waals surface area contributed by atoms with Gasteiger partial charge in [0, 0.05) is 13.1 Å². The van der Waals surface area contributed by atoms with Crippen molar-refractivity contribution in [2.24, 2.45) is 5.92 Å². The molecule has 0 heterocycles. The third-order valence-corrected chi connectivity index (χ3v) is 5.67. The minimum atomic E-state index is -0.855. The minimum absolute atomic E-state index is 0.126. The highest BCUT2D eigenvalue weighted by Gasteiger charge is 2.36. The maximum atomic E-state index is 14.0. The zero-order valence-electron chi connectivity index (χ0n) is 23.6. The highest BCUT2D eigenvalue weighted by atomic mass is 16.6. The summed E-state index contributed by atoms with van der Waals surface area (Å²) in [5, 5.41) is 5.79. The zero-order valence-corrected chi connectivity index (χ0v) is 23.6. The van der Waals surface area contributed by atoms with Gasteiger partial charge in [-0.1, -0.05) is 63.5 Å². The molecule has 0 saturated heterocycles. The van der Waals surface area contributed by atoms with Crippen molar-refractivity contribution in [2.75, 3.05) is 13.1 Å². The smallest absolute Gasteiger partial charge is 0.408 e. The largest absolute Gasteiger partial charge is 0.444 e. The predicted octanol–water partition coefficient (Wildman–Crippen LogP) is 5.60. The second kappa shape index (κ2) is 14.7. The summed E-state index contributed by atoms with van der Waals surface area (Å²) < 4.78 is 5.42. The fraction of sp³-hybridized carbons (Fsp3) is 0.621. The number of carbonyl (C=O) groups is 3. The summed E-state index contributed by atoms with van der Waals surface area (Å²) in [7, 11) is 0. The first-order valence-electron chi connectivity index (χ1n) is 13.1. The zero-order chi connectivity index (χ0) is 27.5. The Bertz CT molecular complexity index is 889. The fourth-order valence-corrected chi connectivity index (χ4v) is 3.99. The van der Waals surface area contributed by atoms with Gasteiger partial charge in [0.25, 0.3) is 0 Å². The number of hydrogen-bond donors (Lipinski definition) is 2. The Morgan fingerprint density at radius 2 is 1.81 bits per heavy atom. The lowest BCUT2D eigenvalue weighted by Gasteiger charge is -2.35. The maximum absolute atomic E-state index is 14.0. The summed E-state index contributed by atoms with van der Waals surface area (Å²) in [6, 6.07) is 4.20. The van der Waals surface area contributed by atoms with Crippen molar-refractivity contribution in [1.82, 2.24) is 15.5 Å². The van der Waals surface area contributed by atoms with Crippen LogP contribution in [0.5, 0.6) is 0 Å². The summed E-state index contributed by atoms with van der Waals surface area (Å²) >= 11 is 0. The normalized spacial score (nSPS) is 13.0. The number of carbonyl (C=O) groups excluding carboxylic acids is 3. The number of nitrogens with zero attached hydrogens (tertiary/aromatic N) is 1. The average molecular weight is 502 g/mol. The molecule has 7 nitrogen and oxygen atoms in total. The van der Waals surface area contributed by atoms with Crippen molar-refractivity contribution in [3.05, 3.63) is 47.5 Å². The van der Waals surface area contributed by atoms with Crippen LogP contribution < -0.4 is 10.6 Å². The Morgan fingerprint density at radius 1 is 1.14 bits per heavy atom. The van der Waals surface area contributed by atoms with Crippen molar-refractivity contribution in [2.45, 2.75) is 98.8 Å². The van der Waals surface area contributed by atoms with E-state index in [1.807, 2.05) is 45.9 Å². The van der Waals surface area contributed by atoms with Crippen LogP contribution in [0.3, 0.4) is 0 Å². The lowest BCUT2D eigenvalue weighted by atomic mass is 9.95. The fourth-order valence-electron chi connectivity index (χ4n) is 3.99. The van der Waals surface area contributed by atoms with Crippen molar-refractivity contribution in [3.63, 3.8) is 0 Å². The molecule has 0 aliphatic rings. The number of alkyl carbamates (subject to hydrolysis) is 1. The molecule has 36 heavy (non-hydrogen) atoms. The van der Waals surface area contributed by atoms with Gasteiger partial charge in [0.15, 0.2) is 0 Å². The SMILES string of the molecule is C=CCN(C(=O)C(CC(C)C)NC(=O)OC(C)(C)C)C(C(=O)NCCCCC)c1cc(C)ccc1C. The summed E-state index contributed by atoms with van der Waals surface area (Å²) in [5.41, 5.74) is 1.97. The minimum Gasteiger partial charge on any atom is -0.444 e. The Labute approximate surface area is 218 Å². The Kier molecular flexibility index (Phi) is 12.7. The van der Waals surface area contributed by atoms with Gasteiger partial charge in [-0.15, -0.1) is 6.58 Å². The first-order chi connectivity index (χ1) is 16.8. The molecular formula is C29H47N3O4. The molecule has 2 unspecified atom stereocenters. The number of nitrogens with one attached hydrogen (secondary N) is 2. The van der Waals surface area contributed by atoms with Crippen molar-refractivity contribution < 1.29 is 19.1 Å². The van der Waals surface area contributed by atoms with Gasteiger partial charge in [0.2, 0.25) is 11.8 Å². The molecule has 202 valence electrons. The van der Waals surface area contributed by atoms with Crippen LogP contribution in [0.4, 0.5) is 4.79 Å². The molecule has 1 aromatic rings. The Balaban J connectivity index is 3.44. The van der Waals surface area contributed by atoms with Gasteiger partial charge in [0.1, 0.15) is 17.7 Å². The second-order valence-corrected chi connectivity index (χ2v) is 10.9. The summed E-state index contributed by atoms with van der Waals surface area (Å²) in [5.74, 6) is -0.457. The van der Waals surface area contributed by atoms with Gasteiger partial charge in [-0.25, -0.2) is 4.79 Å². The van der Waals surface area contributed by atoms with Crippen LogP contribution in [0.1, 0.15) is 90.0 Å². The predicted molar refractivity (Wildman–Crippen MR) is 146 cm³/mol. The van der Waals surface area contributed by atoms with Crippen LogP contribution in [0.2, 0.25) is 0 Å². The molecule has 0 radical (unpaired) electrons. The van der Waals surface area contributed by atoms with E-state index in [9.17, 15) is 14.4 Å². The molecule has 1 rings (SSSR count). The number of amides is 3. The first kappa shape index (κ1) is 31.2. The average Bonchev–Trinajstić information content (AvgIpc) is 2.76. The van der Waals surface area contributed by atoms with Gasteiger partial charge < -0.3 is 20.3 Å². The van der Waals surface area contributed by atoms with E-state index in [1.165, 1.54) is 4.90 Å². The van der Waals surface area contributed by atoms with Crippen LogP contribution in [-0.2, 0) is 14.3 Å². The maximum Gasteiger partial charge on any atom is 0.408 e. The molecule has 0 saturated carbocycles. The highest BCUT2D eigenvalue weighted by Crippen LogP contribution is 2.27. The molecule has 0 bridgehead atoms. The van der Waals surface area contributed by atoms with E-state index < -0.39 is 23.8 Å². The molecule has 2 N–H and O–H groups in total. The molecule has 0 fully saturated rings. The van der Waals surface area contributed by atoms with Crippen LogP contribution in [0.25, 0.3) is 0 Å². The molecule has 0 aromatic heterocycles. The van der Waals surface area contributed by atoms with E-state index in [1.54, 1.807) is 26.8 Å². The van der Waals surface area contributed by atoms with Crippen LogP contribution >= 0.6 is 0 Å². The topological polar surface area (TPSA) is 87.7 Å². The quantitative estimate of drug-likeness (QED) is 0.272. The molecule has 0 aliphatic carbocycles. The molecule has 7 heteroatoms. The van der Waals surface area contributed by atoms with E-state index in [4.69, 9.17) is 4.74 Å². The molecular weight excluding hydrogens is 454 g/mol. The molecule has 2 atom stereocenters. The van der Waals surface area contributed by atoms with Gasteiger partial charge in [-0.2, -0.15) is 0 Å². The highest BCUT2D eigenvalue weighted by molar-refractivity contribution is 5.92. The number of ether oxygens (including phenoxy) is 1. The van der Waals surface area contributed by atoms with E-state index in [2.05, 4.69) is 24.1 Å². The van der Waals surface area contributed by atoms with E-state index >= 15 is 0 Å². The van der Waals surface area contributed by atoms with Crippen molar-refractivity contribution in [1.29, 1.82) is 0 Å². The Morgan fingerprint density at radius 3 is 2.36 bits per heavy atom. The number of unbranched alkanes of at least 4 members (excludes halogenated alkanes) is 2. The molecule has 0 aliphatic heterocycles. The van der Waals surface area contributed by atoms with Gasteiger partial charge in [0.05, 0.1) is 0 Å². The Hall–Kier alpha value is -2.83. The molecule has 3 amide bonds. The summed E-state index contributed by atoms with van der Waals surface area (Å²) in [6.07, 6.45) is 4.29. The molecule has 0 spiro atoms. The van der Waals surface area contributed by atoms with E-state index in [-0.39, 0.29) is 24.3 Å². The van der Waals surface area contributed by atoms with E-state index in [0.29, 0.717) is 13.0 Å². The first-order valence-corrected chi connectivity index (χ1v) is 13.1. The van der Waals surface area contributed by atoms with Crippen LogP contribution in [-0.4, -0.2) is 47.5 Å². The molecule has 1 aromatic carbocycles. The van der Waals surface area contributed by atoms with Gasteiger partial charge in [-0.05, 0) is 64.5 Å². The second-order valence-electron chi connectivity index (χ2n) is 10.9. The van der Waals surface area contributed by atoms with Crippen LogP contribution in [0.15, 0.2) is 30.9 Å². The number of hydrogen-bond acceptors (Lipinski definition) is 4. The van der Waals surface area contributed by atoms with E-state index in [0.717, 1.165) is 36.0 Å². The number of aryl methyl sites for hydroxylation is 2.